The maximum Gasteiger partial charge on any atom is 0.336 e. The zero-order valence-electron chi connectivity index (χ0n) is 11.5. The molecule has 0 saturated heterocycles. The number of hydrogen-bond acceptors (Lipinski definition) is 3. The Morgan fingerprint density at radius 2 is 1.75 bits per heavy atom. The van der Waals surface area contributed by atoms with E-state index in [0.29, 0.717) is 5.56 Å². The van der Waals surface area contributed by atoms with Gasteiger partial charge in [-0.05, 0) is 18.2 Å². The number of carbonyl (C=O) groups is 1. The molecular formula is C16H17NO3. The van der Waals surface area contributed by atoms with Crippen LogP contribution in [0.2, 0.25) is 0 Å². The fourth-order valence-electron chi connectivity index (χ4n) is 1.96. The number of para-hydroxylation sites is 2. The predicted octanol–water partition coefficient (Wildman–Crippen LogP) is 3.03. The summed E-state index contributed by atoms with van der Waals surface area (Å²) in [6.45, 7) is 0.229. The molecule has 2 aromatic rings. The maximum atomic E-state index is 11.1. The van der Waals surface area contributed by atoms with E-state index in [0.717, 1.165) is 11.4 Å². The van der Waals surface area contributed by atoms with Crippen LogP contribution >= 0.6 is 0 Å². The molecule has 0 aliphatic rings. The number of nitrogens with zero attached hydrogens (tertiary/aromatic N) is 1. The second-order valence-electron chi connectivity index (χ2n) is 4.61. The zero-order valence-corrected chi connectivity index (χ0v) is 11.5. The third-order valence-electron chi connectivity index (χ3n) is 2.98. The SMILES string of the molecule is CN(C)c1ccccc1OCc1ccccc1C(=O)O. The number of aromatic carboxylic acids is 1. The Hall–Kier alpha value is -2.49. The Morgan fingerprint density at radius 1 is 1.10 bits per heavy atom. The first kappa shape index (κ1) is 13.9. The summed E-state index contributed by atoms with van der Waals surface area (Å²) in [5.41, 5.74) is 1.89. The molecule has 0 saturated carbocycles. The molecule has 0 fully saturated rings. The average molecular weight is 271 g/mol. The van der Waals surface area contributed by atoms with Gasteiger partial charge in [0.1, 0.15) is 12.4 Å². The van der Waals surface area contributed by atoms with Crippen LogP contribution in [0.3, 0.4) is 0 Å². The first-order valence-electron chi connectivity index (χ1n) is 6.30. The van der Waals surface area contributed by atoms with E-state index in [-0.39, 0.29) is 12.2 Å². The van der Waals surface area contributed by atoms with E-state index < -0.39 is 5.97 Å². The van der Waals surface area contributed by atoms with Crippen LogP contribution in [-0.4, -0.2) is 25.2 Å². The van der Waals surface area contributed by atoms with Gasteiger partial charge in [0.2, 0.25) is 0 Å². The highest BCUT2D eigenvalue weighted by molar-refractivity contribution is 5.89. The highest BCUT2D eigenvalue weighted by Gasteiger charge is 2.10. The summed E-state index contributed by atoms with van der Waals surface area (Å²) in [5, 5.41) is 9.14. The smallest absolute Gasteiger partial charge is 0.336 e. The van der Waals surface area contributed by atoms with Gasteiger partial charge in [-0.25, -0.2) is 4.79 Å². The Kier molecular flexibility index (Phi) is 4.25. The summed E-state index contributed by atoms with van der Waals surface area (Å²) >= 11 is 0. The van der Waals surface area contributed by atoms with E-state index in [1.165, 1.54) is 0 Å². The van der Waals surface area contributed by atoms with E-state index >= 15 is 0 Å². The highest BCUT2D eigenvalue weighted by atomic mass is 16.5. The summed E-state index contributed by atoms with van der Waals surface area (Å²) in [7, 11) is 3.88. The molecule has 0 aromatic heterocycles. The van der Waals surface area contributed by atoms with Gasteiger partial charge in [-0.3, -0.25) is 0 Å². The normalized spacial score (nSPS) is 10.1. The molecule has 0 heterocycles. The minimum atomic E-state index is -0.940. The number of carboxylic acids is 1. The second kappa shape index (κ2) is 6.10. The first-order chi connectivity index (χ1) is 9.59. The largest absolute Gasteiger partial charge is 0.487 e. The molecule has 2 aromatic carbocycles. The predicted molar refractivity (Wildman–Crippen MR) is 78.5 cm³/mol. The highest BCUT2D eigenvalue weighted by Crippen LogP contribution is 2.27. The molecule has 0 amide bonds. The van der Waals surface area contributed by atoms with Crippen molar-refractivity contribution in [2.45, 2.75) is 6.61 Å². The second-order valence-corrected chi connectivity index (χ2v) is 4.61. The van der Waals surface area contributed by atoms with Crippen molar-refractivity contribution in [2.24, 2.45) is 0 Å². The quantitative estimate of drug-likeness (QED) is 0.908. The van der Waals surface area contributed by atoms with Crippen LogP contribution in [0.5, 0.6) is 5.75 Å². The van der Waals surface area contributed by atoms with Crippen LogP contribution < -0.4 is 9.64 Å². The van der Waals surface area contributed by atoms with Crippen molar-refractivity contribution in [3.63, 3.8) is 0 Å². The van der Waals surface area contributed by atoms with Crippen molar-refractivity contribution in [1.82, 2.24) is 0 Å². The molecule has 0 aliphatic carbocycles. The summed E-state index contributed by atoms with van der Waals surface area (Å²) in [6.07, 6.45) is 0. The van der Waals surface area contributed by atoms with Crippen molar-refractivity contribution < 1.29 is 14.6 Å². The monoisotopic (exact) mass is 271 g/mol. The molecule has 0 atom stereocenters. The van der Waals surface area contributed by atoms with Gasteiger partial charge in [0.05, 0.1) is 11.3 Å². The van der Waals surface area contributed by atoms with E-state index in [1.54, 1.807) is 18.2 Å². The van der Waals surface area contributed by atoms with E-state index in [4.69, 9.17) is 9.84 Å². The molecule has 0 bridgehead atoms. The van der Waals surface area contributed by atoms with Gasteiger partial charge in [0, 0.05) is 19.7 Å². The maximum absolute atomic E-state index is 11.1. The molecule has 0 unspecified atom stereocenters. The Balaban J connectivity index is 2.20. The lowest BCUT2D eigenvalue weighted by Crippen LogP contribution is -2.11. The van der Waals surface area contributed by atoms with E-state index in [9.17, 15) is 4.79 Å². The molecule has 0 radical (unpaired) electrons. The molecule has 104 valence electrons. The van der Waals surface area contributed by atoms with Gasteiger partial charge in [0.25, 0.3) is 0 Å². The number of hydrogen-bond donors (Lipinski definition) is 1. The minimum absolute atomic E-state index is 0.229. The molecule has 0 aliphatic heterocycles. The van der Waals surface area contributed by atoms with Crippen LogP contribution in [0.15, 0.2) is 48.5 Å². The molecule has 0 spiro atoms. The number of carboxylic acid groups (broad SMARTS) is 1. The Labute approximate surface area is 118 Å². The number of ether oxygens (including phenoxy) is 1. The van der Waals surface area contributed by atoms with Gasteiger partial charge in [-0.2, -0.15) is 0 Å². The van der Waals surface area contributed by atoms with Gasteiger partial charge in [-0.1, -0.05) is 30.3 Å². The zero-order chi connectivity index (χ0) is 14.5. The van der Waals surface area contributed by atoms with Gasteiger partial charge in [0.15, 0.2) is 0 Å². The molecule has 20 heavy (non-hydrogen) atoms. The van der Waals surface area contributed by atoms with Crippen LogP contribution in [-0.2, 0) is 6.61 Å². The average Bonchev–Trinajstić information content (AvgIpc) is 2.45. The standard InChI is InChI=1S/C16H17NO3/c1-17(2)14-9-5-6-10-15(14)20-11-12-7-3-4-8-13(12)16(18)19/h3-10H,11H2,1-2H3,(H,18,19). The molecule has 1 N–H and O–H groups in total. The summed E-state index contributed by atoms with van der Waals surface area (Å²) in [5.74, 6) is -0.206. The number of anilines is 1. The van der Waals surface area contributed by atoms with Crippen molar-refractivity contribution in [3.8, 4) is 5.75 Å². The number of rotatable bonds is 5. The molecule has 4 heteroatoms. The Bertz CT molecular complexity index is 608. The lowest BCUT2D eigenvalue weighted by atomic mass is 10.1. The van der Waals surface area contributed by atoms with Crippen LogP contribution in [0.4, 0.5) is 5.69 Å². The van der Waals surface area contributed by atoms with Crippen LogP contribution in [0, 0.1) is 0 Å². The minimum Gasteiger partial charge on any atom is -0.487 e. The lowest BCUT2D eigenvalue weighted by molar-refractivity contribution is 0.0694. The Morgan fingerprint density at radius 3 is 2.45 bits per heavy atom. The molecular weight excluding hydrogens is 254 g/mol. The third kappa shape index (κ3) is 3.09. The summed E-state index contributed by atoms with van der Waals surface area (Å²) in [6, 6.07) is 14.5. The van der Waals surface area contributed by atoms with Crippen LogP contribution in [0.25, 0.3) is 0 Å². The first-order valence-corrected chi connectivity index (χ1v) is 6.30. The summed E-state index contributed by atoms with van der Waals surface area (Å²) < 4.78 is 5.77. The molecule has 4 nitrogen and oxygen atoms in total. The molecule has 2 rings (SSSR count). The van der Waals surface area contributed by atoms with Crippen molar-refractivity contribution in [1.29, 1.82) is 0 Å². The van der Waals surface area contributed by atoms with Gasteiger partial charge in [-0.15, -0.1) is 0 Å². The summed E-state index contributed by atoms with van der Waals surface area (Å²) in [4.78, 5) is 13.1. The van der Waals surface area contributed by atoms with Gasteiger partial charge < -0.3 is 14.7 Å². The number of benzene rings is 2. The van der Waals surface area contributed by atoms with Crippen molar-refractivity contribution >= 4 is 11.7 Å². The van der Waals surface area contributed by atoms with Crippen molar-refractivity contribution in [2.75, 3.05) is 19.0 Å². The van der Waals surface area contributed by atoms with Crippen LogP contribution in [0.1, 0.15) is 15.9 Å². The third-order valence-corrected chi connectivity index (χ3v) is 2.98. The lowest BCUT2D eigenvalue weighted by Gasteiger charge is -2.18. The van der Waals surface area contributed by atoms with E-state index in [1.807, 2.05) is 49.3 Å². The fourth-order valence-corrected chi connectivity index (χ4v) is 1.96. The van der Waals surface area contributed by atoms with Gasteiger partial charge >= 0.3 is 5.97 Å². The topological polar surface area (TPSA) is 49.8 Å². The van der Waals surface area contributed by atoms with E-state index in [2.05, 4.69) is 0 Å². The fraction of sp³-hybridized carbons (Fsp3) is 0.188. The van der Waals surface area contributed by atoms with Crippen molar-refractivity contribution in [3.05, 3.63) is 59.7 Å².